The van der Waals surface area contributed by atoms with Crippen LogP contribution in [0.15, 0.2) is 24.3 Å². The van der Waals surface area contributed by atoms with Crippen molar-refractivity contribution in [1.82, 2.24) is 0 Å². The van der Waals surface area contributed by atoms with E-state index in [9.17, 15) is 9.59 Å². The fourth-order valence-electron chi connectivity index (χ4n) is 3.62. The zero-order valence-corrected chi connectivity index (χ0v) is 13.9. The molecule has 0 aliphatic carbocycles. The van der Waals surface area contributed by atoms with Gasteiger partial charge in [0.05, 0.1) is 5.92 Å². The summed E-state index contributed by atoms with van der Waals surface area (Å²) in [5, 5.41) is 8.93. The number of carbonyl (C=O) groups excluding carboxylic acids is 1. The van der Waals surface area contributed by atoms with E-state index in [1.165, 1.54) is 5.56 Å². The Bertz CT molecular complexity index is 573. The van der Waals surface area contributed by atoms with Gasteiger partial charge in [0, 0.05) is 24.7 Å². The number of carboxylic acid groups (broad SMARTS) is 1. The maximum Gasteiger partial charge on any atom is 0.303 e. The summed E-state index contributed by atoms with van der Waals surface area (Å²) in [5.41, 5.74) is 7.95. The van der Waals surface area contributed by atoms with Crippen molar-refractivity contribution in [2.24, 2.45) is 17.6 Å². The van der Waals surface area contributed by atoms with E-state index in [2.05, 4.69) is 30.0 Å². The fourth-order valence-corrected chi connectivity index (χ4v) is 3.62. The number of primary amides is 1. The lowest BCUT2D eigenvalue weighted by Gasteiger charge is -2.33. The third-order valence-electron chi connectivity index (χ3n) is 4.64. The molecule has 0 bridgehead atoms. The molecule has 1 aromatic carbocycles. The Hall–Kier alpha value is -2.04. The van der Waals surface area contributed by atoms with Gasteiger partial charge >= 0.3 is 5.97 Å². The van der Waals surface area contributed by atoms with Gasteiger partial charge in [0.1, 0.15) is 0 Å². The predicted molar refractivity (Wildman–Crippen MR) is 90.3 cm³/mol. The number of aliphatic carboxylic acids is 1. The van der Waals surface area contributed by atoms with Gasteiger partial charge in [0.25, 0.3) is 0 Å². The number of anilines is 1. The highest BCUT2D eigenvalue weighted by atomic mass is 16.4. The molecule has 1 fully saturated rings. The minimum Gasteiger partial charge on any atom is -0.481 e. The molecule has 0 spiro atoms. The van der Waals surface area contributed by atoms with Crippen LogP contribution in [0.3, 0.4) is 0 Å². The monoisotopic (exact) mass is 318 g/mol. The van der Waals surface area contributed by atoms with Gasteiger partial charge in [-0.3, -0.25) is 9.59 Å². The number of rotatable bonds is 7. The minimum absolute atomic E-state index is 0.0607. The molecule has 1 aliphatic rings. The van der Waals surface area contributed by atoms with Gasteiger partial charge < -0.3 is 15.7 Å². The van der Waals surface area contributed by atoms with E-state index in [1.54, 1.807) is 0 Å². The van der Waals surface area contributed by atoms with Crippen molar-refractivity contribution in [3.8, 4) is 0 Å². The molecular weight excluding hydrogens is 292 g/mol. The van der Waals surface area contributed by atoms with Crippen LogP contribution >= 0.6 is 0 Å². The van der Waals surface area contributed by atoms with Crippen LogP contribution in [0.2, 0.25) is 0 Å². The number of benzene rings is 1. The number of hydrogen-bond donors (Lipinski definition) is 2. The molecule has 3 N–H and O–H groups in total. The SMILES string of the molecule is Cc1cccc(N2CCCC2C(CC(C)CC(=O)O)C(N)=O)c1. The molecule has 0 radical (unpaired) electrons. The quantitative estimate of drug-likeness (QED) is 0.809. The van der Waals surface area contributed by atoms with E-state index in [0.717, 1.165) is 25.1 Å². The van der Waals surface area contributed by atoms with Crippen molar-refractivity contribution >= 4 is 17.6 Å². The van der Waals surface area contributed by atoms with Crippen molar-refractivity contribution in [3.05, 3.63) is 29.8 Å². The molecule has 1 heterocycles. The van der Waals surface area contributed by atoms with Crippen molar-refractivity contribution in [2.75, 3.05) is 11.4 Å². The van der Waals surface area contributed by atoms with Crippen LogP contribution in [0.25, 0.3) is 0 Å². The summed E-state index contributed by atoms with van der Waals surface area (Å²) in [5.74, 6) is -1.54. The fraction of sp³-hybridized carbons (Fsp3) is 0.556. The van der Waals surface area contributed by atoms with Gasteiger partial charge in [-0.05, 0) is 49.8 Å². The zero-order valence-electron chi connectivity index (χ0n) is 13.9. The van der Waals surface area contributed by atoms with Crippen LogP contribution in [0.4, 0.5) is 5.69 Å². The molecule has 5 heteroatoms. The summed E-state index contributed by atoms with van der Waals surface area (Å²) >= 11 is 0. The Morgan fingerprint density at radius 3 is 2.78 bits per heavy atom. The number of nitrogens with zero attached hydrogens (tertiary/aromatic N) is 1. The number of aryl methyl sites for hydroxylation is 1. The summed E-state index contributed by atoms with van der Waals surface area (Å²) < 4.78 is 0. The number of nitrogens with two attached hydrogens (primary N) is 1. The van der Waals surface area contributed by atoms with E-state index in [1.807, 2.05) is 13.0 Å². The Kier molecular flexibility index (Phi) is 5.64. The Balaban J connectivity index is 2.17. The lowest BCUT2D eigenvalue weighted by molar-refractivity contribution is -0.138. The Labute approximate surface area is 137 Å². The number of amides is 1. The topological polar surface area (TPSA) is 83.6 Å². The number of hydrogen-bond acceptors (Lipinski definition) is 3. The lowest BCUT2D eigenvalue weighted by atomic mass is 9.86. The first-order valence-corrected chi connectivity index (χ1v) is 8.23. The van der Waals surface area contributed by atoms with E-state index < -0.39 is 5.97 Å². The Morgan fingerprint density at radius 1 is 1.43 bits per heavy atom. The molecule has 1 amide bonds. The van der Waals surface area contributed by atoms with Gasteiger partial charge in [-0.2, -0.15) is 0 Å². The average Bonchev–Trinajstić information content (AvgIpc) is 2.92. The first-order chi connectivity index (χ1) is 10.9. The molecule has 1 aliphatic heterocycles. The molecular formula is C18H26N2O3. The highest BCUT2D eigenvalue weighted by Crippen LogP contribution is 2.33. The highest BCUT2D eigenvalue weighted by Gasteiger charge is 2.36. The minimum atomic E-state index is -0.831. The van der Waals surface area contributed by atoms with Gasteiger partial charge in [0.15, 0.2) is 0 Å². The second kappa shape index (κ2) is 7.49. The van der Waals surface area contributed by atoms with E-state index in [-0.39, 0.29) is 30.2 Å². The van der Waals surface area contributed by atoms with Crippen molar-refractivity contribution < 1.29 is 14.7 Å². The van der Waals surface area contributed by atoms with Crippen LogP contribution in [-0.2, 0) is 9.59 Å². The third kappa shape index (κ3) is 4.47. The van der Waals surface area contributed by atoms with E-state index >= 15 is 0 Å². The van der Waals surface area contributed by atoms with E-state index in [4.69, 9.17) is 10.8 Å². The summed E-state index contributed by atoms with van der Waals surface area (Å²) in [6.45, 7) is 4.83. The van der Waals surface area contributed by atoms with Crippen LogP contribution in [-0.4, -0.2) is 29.6 Å². The van der Waals surface area contributed by atoms with Crippen LogP contribution in [0.5, 0.6) is 0 Å². The molecule has 5 nitrogen and oxygen atoms in total. The first-order valence-electron chi connectivity index (χ1n) is 8.23. The molecule has 1 aromatic rings. The molecule has 1 saturated heterocycles. The third-order valence-corrected chi connectivity index (χ3v) is 4.64. The summed E-state index contributed by atoms with van der Waals surface area (Å²) in [4.78, 5) is 25.1. The van der Waals surface area contributed by atoms with Crippen molar-refractivity contribution in [3.63, 3.8) is 0 Å². The summed E-state index contributed by atoms with van der Waals surface area (Å²) in [6.07, 6.45) is 2.53. The molecule has 0 saturated carbocycles. The zero-order chi connectivity index (χ0) is 17.0. The lowest BCUT2D eigenvalue weighted by Crippen LogP contribution is -2.43. The first kappa shape index (κ1) is 17.3. The smallest absolute Gasteiger partial charge is 0.303 e. The normalized spacial score (nSPS) is 20.3. The van der Waals surface area contributed by atoms with Crippen LogP contribution < -0.4 is 10.6 Å². The van der Waals surface area contributed by atoms with Gasteiger partial charge in [0.2, 0.25) is 5.91 Å². The standard InChI is InChI=1S/C18H26N2O3/c1-12-5-3-6-14(9-12)20-8-4-7-16(20)15(18(19)23)10-13(2)11-17(21)22/h3,5-6,9,13,15-16H,4,7-8,10-11H2,1-2H3,(H2,19,23)(H,21,22). The van der Waals surface area contributed by atoms with Gasteiger partial charge in [-0.15, -0.1) is 0 Å². The van der Waals surface area contributed by atoms with Crippen LogP contribution in [0, 0.1) is 18.8 Å². The largest absolute Gasteiger partial charge is 0.481 e. The maximum absolute atomic E-state index is 12.0. The van der Waals surface area contributed by atoms with Gasteiger partial charge in [-0.1, -0.05) is 19.1 Å². The molecule has 3 unspecified atom stereocenters. The maximum atomic E-state index is 12.0. The van der Waals surface area contributed by atoms with Crippen molar-refractivity contribution in [2.45, 2.75) is 45.6 Å². The van der Waals surface area contributed by atoms with Crippen molar-refractivity contribution in [1.29, 1.82) is 0 Å². The average molecular weight is 318 g/mol. The van der Waals surface area contributed by atoms with Crippen LogP contribution in [0.1, 0.15) is 38.2 Å². The Morgan fingerprint density at radius 2 is 2.17 bits per heavy atom. The molecule has 23 heavy (non-hydrogen) atoms. The van der Waals surface area contributed by atoms with Gasteiger partial charge in [-0.25, -0.2) is 0 Å². The number of carboxylic acids is 1. The summed E-state index contributed by atoms with van der Waals surface area (Å²) in [7, 11) is 0. The second-order valence-corrected chi connectivity index (χ2v) is 6.69. The molecule has 0 aromatic heterocycles. The van der Waals surface area contributed by atoms with E-state index in [0.29, 0.717) is 6.42 Å². The highest BCUT2D eigenvalue weighted by molar-refractivity contribution is 5.78. The molecule has 126 valence electrons. The second-order valence-electron chi connectivity index (χ2n) is 6.69. The molecule has 3 atom stereocenters. The summed E-state index contributed by atoms with van der Waals surface area (Å²) in [6, 6.07) is 8.31. The number of carbonyl (C=O) groups is 2. The predicted octanol–water partition coefficient (Wildman–Crippen LogP) is 2.57. The molecule has 2 rings (SSSR count).